The Kier molecular flexibility index (Phi) is 4.88. The molecule has 0 saturated carbocycles. The van der Waals surface area contributed by atoms with E-state index in [0.29, 0.717) is 6.61 Å². The maximum atomic E-state index is 12.1. The molecule has 0 fully saturated rings. The van der Waals surface area contributed by atoms with E-state index in [-0.39, 0.29) is 4.90 Å². The number of aryl methyl sites for hydroxylation is 1. The topological polar surface area (TPSA) is 55.7 Å². The molecule has 0 bridgehead atoms. The van der Waals surface area contributed by atoms with Crippen LogP contribution in [0.3, 0.4) is 0 Å². The Hall–Kier alpha value is -1.98. The molecule has 2 aromatic rings. The average Bonchev–Trinajstić information content (AvgIpc) is 2.47. The van der Waals surface area contributed by atoms with Crippen LogP contribution in [0.1, 0.15) is 16.7 Å². The third-order valence-corrected chi connectivity index (χ3v) is 4.20. The summed E-state index contributed by atoms with van der Waals surface area (Å²) < 4.78 is 32.9. The van der Waals surface area contributed by atoms with E-state index in [2.05, 4.69) is 4.40 Å². The predicted molar refractivity (Wildman–Crippen MR) is 83.1 cm³/mol. The van der Waals surface area contributed by atoms with Gasteiger partial charge < -0.3 is 4.74 Å². The first-order valence-corrected chi connectivity index (χ1v) is 7.90. The molecule has 0 radical (unpaired) electrons. The predicted octanol–water partition coefficient (Wildman–Crippen LogP) is 2.95. The molecule has 0 atom stereocenters. The molecule has 0 unspecified atom stereocenters. The van der Waals surface area contributed by atoms with Crippen molar-refractivity contribution in [3.8, 4) is 0 Å². The standard InChI is InChI=1S/C16H17NO3S/c1-13-3-9-16(10-4-13)21(18,19)17-11-14-5-7-15(8-6-14)12-20-2/h3-11H,12H2,1-2H3/b17-11+. The van der Waals surface area contributed by atoms with Gasteiger partial charge in [-0.25, -0.2) is 0 Å². The molecule has 4 nitrogen and oxygen atoms in total. The molecule has 0 heterocycles. The van der Waals surface area contributed by atoms with Crippen LogP contribution < -0.4 is 0 Å². The van der Waals surface area contributed by atoms with Crippen molar-refractivity contribution >= 4 is 16.2 Å². The maximum absolute atomic E-state index is 12.1. The number of hydrogen-bond acceptors (Lipinski definition) is 3. The maximum Gasteiger partial charge on any atom is 0.282 e. The van der Waals surface area contributed by atoms with E-state index in [4.69, 9.17) is 4.74 Å². The fraction of sp³-hybridized carbons (Fsp3) is 0.188. The molecule has 0 aromatic heterocycles. The summed E-state index contributed by atoms with van der Waals surface area (Å²) in [5.74, 6) is 0. The number of sulfonamides is 1. The summed E-state index contributed by atoms with van der Waals surface area (Å²) in [6.45, 7) is 2.43. The lowest BCUT2D eigenvalue weighted by Gasteiger charge is -2.01. The second-order valence-corrected chi connectivity index (χ2v) is 6.33. The van der Waals surface area contributed by atoms with Crippen LogP contribution in [0.25, 0.3) is 0 Å². The third kappa shape index (κ3) is 4.24. The zero-order chi connectivity index (χ0) is 15.3. The van der Waals surface area contributed by atoms with Gasteiger partial charge in [-0.05, 0) is 30.2 Å². The summed E-state index contributed by atoms with van der Waals surface area (Å²) in [5, 5.41) is 0. The molecule has 0 spiro atoms. The van der Waals surface area contributed by atoms with Gasteiger partial charge in [-0.2, -0.15) is 12.8 Å². The Morgan fingerprint density at radius 1 is 1.05 bits per heavy atom. The van der Waals surface area contributed by atoms with Crippen LogP contribution in [0.5, 0.6) is 0 Å². The van der Waals surface area contributed by atoms with Crippen LogP contribution in [-0.4, -0.2) is 21.7 Å². The minimum atomic E-state index is -3.65. The van der Waals surface area contributed by atoms with Gasteiger partial charge in [0, 0.05) is 13.3 Å². The molecule has 21 heavy (non-hydrogen) atoms. The molecule has 2 aromatic carbocycles. The lowest BCUT2D eigenvalue weighted by molar-refractivity contribution is 0.185. The SMILES string of the molecule is COCc1ccc(/C=N/S(=O)(=O)c2ccc(C)cc2)cc1. The first-order valence-electron chi connectivity index (χ1n) is 6.46. The molecular weight excluding hydrogens is 286 g/mol. The van der Waals surface area contributed by atoms with Crippen LogP contribution in [-0.2, 0) is 21.4 Å². The number of nitrogens with zero attached hydrogens (tertiary/aromatic N) is 1. The zero-order valence-corrected chi connectivity index (χ0v) is 12.8. The van der Waals surface area contributed by atoms with Gasteiger partial charge in [0.15, 0.2) is 0 Å². The highest BCUT2D eigenvalue weighted by molar-refractivity contribution is 7.90. The lowest BCUT2D eigenvalue weighted by Crippen LogP contribution is -1.98. The van der Waals surface area contributed by atoms with Crippen molar-refractivity contribution in [2.24, 2.45) is 4.40 Å². The van der Waals surface area contributed by atoms with E-state index < -0.39 is 10.0 Å². The first kappa shape index (κ1) is 15.4. The summed E-state index contributed by atoms with van der Waals surface area (Å²) in [7, 11) is -2.02. The molecule has 2 rings (SSSR count). The van der Waals surface area contributed by atoms with E-state index in [1.54, 1.807) is 31.4 Å². The second kappa shape index (κ2) is 6.65. The molecule has 0 saturated heterocycles. The van der Waals surface area contributed by atoms with Crippen molar-refractivity contribution in [1.82, 2.24) is 0 Å². The van der Waals surface area contributed by atoms with Crippen molar-refractivity contribution in [1.29, 1.82) is 0 Å². The first-order chi connectivity index (χ1) is 10.0. The van der Waals surface area contributed by atoms with Gasteiger partial charge in [0.25, 0.3) is 10.0 Å². The summed E-state index contributed by atoms with van der Waals surface area (Å²) in [6, 6.07) is 14.0. The Bertz CT molecular complexity index is 717. The minimum Gasteiger partial charge on any atom is -0.380 e. The number of methoxy groups -OCH3 is 1. The van der Waals surface area contributed by atoms with Gasteiger partial charge in [-0.1, -0.05) is 42.0 Å². The van der Waals surface area contributed by atoms with Crippen LogP contribution in [0.2, 0.25) is 0 Å². The molecule has 0 aliphatic rings. The Balaban J connectivity index is 2.17. The molecule has 0 aliphatic carbocycles. The highest BCUT2D eigenvalue weighted by atomic mass is 32.2. The van der Waals surface area contributed by atoms with E-state index in [1.165, 1.54) is 6.21 Å². The Morgan fingerprint density at radius 3 is 2.24 bits per heavy atom. The minimum absolute atomic E-state index is 0.195. The molecule has 0 amide bonds. The van der Waals surface area contributed by atoms with E-state index in [9.17, 15) is 8.42 Å². The summed E-state index contributed by atoms with van der Waals surface area (Å²) in [5.41, 5.74) is 2.76. The Labute approximate surface area is 125 Å². The number of rotatable bonds is 5. The third-order valence-electron chi connectivity index (χ3n) is 2.95. The normalized spacial score (nSPS) is 11.9. The monoisotopic (exact) mass is 303 g/mol. The number of hydrogen-bond donors (Lipinski definition) is 0. The summed E-state index contributed by atoms with van der Waals surface area (Å²) >= 11 is 0. The fourth-order valence-electron chi connectivity index (χ4n) is 1.77. The van der Waals surface area contributed by atoms with Gasteiger partial charge in [0.1, 0.15) is 0 Å². The Morgan fingerprint density at radius 2 is 1.67 bits per heavy atom. The number of benzene rings is 2. The van der Waals surface area contributed by atoms with Crippen LogP contribution in [0.15, 0.2) is 57.8 Å². The molecule has 5 heteroatoms. The quantitative estimate of drug-likeness (QED) is 0.798. The zero-order valence-electron chi connectivity index (χ0n) is 12.0. The van der Waals surface area contributed by atoms with Crippen molar-refractivity contribution in [2.75, 3.05) is 7.11 Å². The molecule has 0 N–H and O–H groups in total. The van der Waals surface area contributed by atoms with Gasteiger partial charge in [-0.3, -0.25) is 0 Å². The smallest absolute Gasteiger partial charge is 0.282 e. The highest BCUT2D eigenvalue weighted by Crippen LogP contribution is 2.13. The van der Waals surface area contributed by atoms with Crippen LogP contribution in [0.4, 0.5) is 0 Å². The van der Waals surface area contributed by atoms with Gasteiger partial charge in [-0.15, -0.1) is 0 Å². The van der Waals surface area contributed by atoms with Crippen LogP contribution in [0, 0.1) is 6.92 Å². The number of ether oxygens (including phenoxy) is 1. The average molecular weight is 303 g/mol. The molecular formula is C16H17NO3S. The summed E-state index contributed by atoms with van der Waals surface area (Å²) in [6.07, 6.45) is 1.35. The summed E-state index contributed by atoms with van der Waals surface area (Å²) in [4.78, 5) is 0.195. The van der Waals surface area contributed by atoms with Crippen molar-refractivity contribution in [3.63, 3.8) is 0 Å². The van der Waals surface area contributed by atoms with Crippen molar-refractivity contribution < 1.29 is 13.2 Å². The largest absolute Gasteiger partial charge is 0.380 e. The van der Waals surface area contributed by atoms with Crippen molar-refractivity contribution in [2.45, 2.75) is 18.4 Å². The highest BCUT2D eigenvalue weighted by Gasteiger charge is 2.10. The van der Waals surface area contributed by atoms with E-state index >= 15 is 0 Å². The van der Waals surface area contributed by atoms with E-state index in [0.717, 1.165) is 16.7 Å². The molecule has 0 aliphatic heterocycles. The van der Waals surface area contributed by atoms with Gasteiger partial charge in [0.2, 0.25) is 0 Å². The van der Waals surface area contributed by atoms with Gasteiger partial charge >= 0.3 is 0 Å². The fourth-order valence-corrected chi connectivity index (χ4v) is 2.63. The van der Waals surface area contributed by atoms with Gasteiger partial charge in [0.05, 0.1) is 11.5 Å². The van der Waals surface area contributed by atoms with Crippen molar-refractivity contribution in [3.05, 3.63) is 65.2 Å². The molecule has 110 valence electrons. The van der Waals surface area contributed by atoms with E-state index in [1.807, 2.05) is 31.2 Å². The lowest BCUT2D eigenvalue weighted by atomic mass is 10.1. The van der Waals surface area contributed by atoms with Crippen LogP contribution >= 0.6 is 0 Å². The second-order valence-electron chi connectivity index (χ2n) is 4.70.